The Labute approximate surface area is 127 Å². The quantitative estimate of drug-likeness (QED) is 0.867. The van der Waals surface area contributed by atoms with Gasteiger partial charge in [-0.05, 0) is 40.9 Å². The van der Waals surface area contributed by atoms with Crippen molar-refractivity contribution in [2.24, 2.45) is 5.73 Å². The maximum absolute atomic E-state index is 12.8. The minimum Gasteiger partial charge on any atom is -0.359 e. The van der Waals surface area contributed by atoms with E-state index in [2.05, 4.69) is 21.2 Å². The number of alkyl halides is 3. The van der Waals surface area contributed by atoms with E-state index in [9.17, 15) is 18.0 Å². The van der Waals surface area contributed by atoms with Crippen molar-refractivity contribution in [1.29, 1.82) is 0 Å². The number of carbonyl (C=O) groups excluding carboxylic acids is 1. The van der Waals surface area contributed by atoms with Gasteiger partial charge in [0, 0.05) is 21.8 Å². The molecule has 1 saturated carbocycles. The molecule has 1 aromatic carbocycles. The van der Waals surface area contributed by atoms with E-state index >= 15 is 0 Å². The Morgan fingerprint density at radius 1 is 1.38 bits per heavy atom. The molecule has 0 saturated heterocycles. The summed E-state index contributed by atoms with van der Waals surface area (Å²) in [7, 11) is 0. The highest BCUT2D eigenvalue weighted by molar-refractivity contribution is 9.10. The molecular weight excluding hydrogens is 351 g/mol. The van der Waals surface area contributed by atoms with E-state index in [1.807, 2.05) is 0 Å². The Morgan fingerprint density at radius 2 is 2.05 bits per heavy atom. The third-order valence-corrected chi connectivity index (χ3v) is 4.28. The molecule has 0 radical (unpaired) electrons. The van der Waals surface area contributed by atoms with E-state index in [4.69, 9.17) is 5.73 Å². The van der Waals surface area contributed by atoms with Crippen molar-refractivity contribution in [3.05, 3.63) is 22.2 Å². The van der Waals surface area contributed by atoms with Crippen LogP contribution in [-0.2, 0) is 4.79 Å². The first-order valence-electron chi connectivity index (χ1n) is 6.49. The highest BCUT2D eigenvalue weighted by atomic mass is 79.9. The van der Waals surface area contributed by atoms with Gasteiger partial charge in [0.1, 0.15) is 12.6 Å². The molecule has 1 aromatic rings. The number of rotatable bonds is 3. The summed E-state index contributed by atoms with van der Waals surface area (Å²) < 4.78 is 38.8. The zero-order chi connectivity index (χ0) is 15.4. The van der Waals surface area contributed by atoms with Crippen LogP contribution < -0.4 is 16.0 Å². The molecule has 4 nitrogen and oxygen atoms in total. The Hall–Kier alpha value is -1.28. The number of halogens is 4. The normalized spacial score (nSPS) is 21.2. The van der Waals surface area contributed by atoms with Crippen LogP contribution in [-0.4, -0.2) is 24.7 Å². The van der Waals surface area contributed by atoms with Crippen molar-refractivity contribution in [2.45, 2.75) is 31.1 Å². The average Bonchev–Trinajstić information content (AvgIpc) is 3.16. The van der Waals surface area contributed by atoms with Crippen LogP contribution in [0.1, 0.15) is 24.4 Å². The lowest BCUT2D eigenvalue weighted by Gasteiger charge is -2.27. The molecule has 3 rings (SSSR count). The van der Waals surface area contributed by atoms with Gasteiger partial charge in [0.05, 0.1) is 5.69 Å². The summed E-state index contributed by atoms with van der Waals surface area (Å²) in [6.45, 7) is -1.00. The van der Waals surface area contributed by atoms with Crippen molar-refractivity contribution in [3.8, 4) is 0 Å². The fraction of sp³-hybridized carbons (Fsp3) is 0.462. The first-order valence-corrected chi connectivity index (χ1v) is 7.29. The Bertz CT molecular complexity index is 601. The smallest absolute Gasteiger partial charge is 0.359 e. The molecule has 0 aromatic heterocycles. The van der Waals surface area contributed by atoms with Crippen LogP contribution in [0, 0.1) is 0 Å². The van der Waals surface area contributed by atoms with Gasteiger partial charge in [0.15, 0.2) is 0 Å². The lowest BCUT2D eigenvalue weighted by atomic mass is 10.1. The summed E-state index contributed by atoms with van der Waals surface area (Å²) in [6, 6.07) is 2.31. The zero-order valence-corrected chi connectivity index (χ0v) is 12.5. The molecule has 1 aliphatic heterocycles. The number of carbonyl (C=O) groups is 1. The van der Waals surface area contributed by atoms with Gasteiger partial charge in [-0.25, -0.2) is 0 Å². The summed E-state index contributed by atoms with van der Waals surface area (Å²) >= 11 is 3.30. The number of nitrogens with zero attached hydrogens (tertiary/aromatic N) is 1. The fourth-order valence-electron chi connectivity index (χ4n) is 2.50. The topological polar surface area (TPSA) is 58.4 Å². The zero-order valence-electron chi connectivity index (χ0n) is 10.9. The Balaban J connectivity index is 1.98. The largest absolute Gasteiger partial charge is 0.405 e. The van der Waals surface area contributed by atoms with Gasteiger partial charge in [-0.1, -0.05) is 0 Å². The van der Waals surface area contributed by atoms with Crippen LogP contribution in [0.2, 0.25) is 0 Å². The molecule has 1 amide bonds. The van der Waals surface area contributed by atoms with Crippen molar-refractivity contribution >= 4 is 33.2 Å². The van der Waals surface area contributed by atoms with Gasteiger partial charge in [0.2, 0.25) is 5.91 Å². The monoisotopic (exact) mass is 363 g/mol. The molecule has 21 heavy (non-hydrogen) atoms. The maximum atomic E-state index is 12.8. The average molecular weight is 364 g/mol. The highest BCUT2D eigenvalue weighted by Gasteiger charge is 2.39. The van der Waals surface area contributed by atoms with Crippen LogP contribution in [0.5, 0.6) is 0 Å². The molecule has 2 aliphatic rings. The van der Waals surface area contributed by atoms with E-state index in [0.29, 0.717) is 21.4 Å². The lowest BCUT2D eigenvalue weighted by molar-refractivity contribution is -0.120. The van der Waals surface area contributed by atoms with Gasteiger partial charge in [-0.2, -0.15) is 13.2 Å². The van der Waals surface area contributed by atoms with Crippen molar-refractivity contribution in [2.75, 3.05) is 16.8 Å². The van der Waals surface area contributed by atoms with Gasteiger partial charge in [0.25, 0.3) is 0 Å². The molecular formula is C13H13BrF3N3O. The van der Waals surface area contributed by atoms with Gasteiger partial charge in [-0.15, -0.1) is 0 Å². The van der Waals surface area contributed by atoms with Gasteiger partial charge < -0.3 is 16.0 Å². The molecule has 114 valence electrons. The van der Waals surface area contributed by atoms with Gasteiger partial charge in [-0.3, -0.25) is 4.79 Å². The number of benzene rings is 1. The minimum atomic E-state index is -4.28. The number of nitrogens with two attached hydrogens (primary N) is 1. The van der Waals surface area contributed by atoms with E-state index in [1.54, 1.807) is 12.1 Å². The predicted octanol–water partition coefficient (Wildman–Crippen LogP) is 2.93. The van der Waals surface area contributed by atoms with E-state index in [-0.39, 0.29) is 11.9 Å². The highest BCUT2D eigenvalue weighted by Crippen LogP contribution is 2.42. The molecule has 1 aliphatic carbocycles. The van der Waals surface area contributed by atoms with Crippen LogP contribution in [0.4, 0.5) is 24.5 Å². The fourth-order valence-corrected chi connectivity index (χ4v) is 3.09. The summed E-state index contributed by atoms with van der Waals surface area (Å²) in [6.07, 6.45) is -2.79. The number of anilines is 2. The first kappa shape index (κ1) is 14.6. The molecule has 1 unspecified atom stereocenters. The Morgan fingerprint density at radius 3 is 2.62 bits per heavy atom. The van der Waals surface area contributed by atoms with E-state index in [0.717, 1.165) is 12.8 Å². The number of hydrogen-bond donors (Lipinski definition) is 2. The predicted molar refractivity (Wildman–Crippen MR) is 76.1 cm³/mol. The summed E-state index contributed by atoms with van der Waals surface area (Å²) in [5, 5.41) is 2.60. The SMILES string of the molecule is NC1C(=O)Nc2cc(N(CC(F)(F)F)C3CC3)c(Br)cc21. The van der Waals surface area contributed by atoms with E-state index < -0.39 is 18.8 Å². The second-order valence-electron chi connectivity index (χ2n) is 5.33. The molecule has 0 spiro atoms. The van der Waals surface area contributed by atoms with Crippen molar-refractivity contribution in [1.82, 2.24) is 0 Å². The molecule has 1 fully saturated rings. The summed E-state index contributed by atoms with van der Waals surface area (Å²) in [5.41, 5.74) is 7.25. The Kier molecular flexibility index (Phi) is 3.40. The van der Waals surface area contributed by atoms with Crippen molar-refractivity contribution < 1.29 is 18.0 Å². The second-order valence-corrected chi connectivity index (χ2v) is 6.19. The molecule has 8 heteroatoms. The van der Waals surface area contributed by atoms with Crippen LogP contribution in [0.15, 0.2) is 16.6 Å². The maximum Gasteiger partial charge on any atom is 0.405 e. The molecule has 1 atom stereocenters. The number of fused-ring (bicyclic) bond motifs is 1. The van der Waals surface area contributed by atoms with Gasteiger partial charge >= 0.3 is 6.18 Å². The number of nitrogens with one attached hydrogen (secondary N) is 1. The second kappa shape index (κ2) is 4.88. The molecule has 3 N–H and O–H groups in total. The van der Waals surface area contributed by atoms with E-state index in [1.165, 1.54) is 4.90 Å². The van der Waals surface area contributed by atoms with Crippen LogP contribution in [0.25, 0.3) is 0 Å². The number of hydrogen-bond acceptors (Lipinski definition) is 3. The number of amides is 1. The van der Waals surface area contributed by atoms with Crippen molar-refractivity contribution in [3.63, 3.8) is 0 Å². The molecule has 0 bridgehead atoms. The summed E-state index contributed by atoms with van der Waals surface area (Å²) in [5.74, 6) is -0.345. The van der Waals surface area contributed by atoms with Crippen LogP contribution in [0.3, 0.4) is 0 Å². The standard InChI is InChI=1S/C13H13BrF3N3O/c14-8-3-7-9(19-12(21)11(7)18)4-10(8)20(6-1-2-6)5-13(15,16)17/h3-4,6,11H,1-2,5,18H2,(H,19,21). The third-order valence-electron chi connectivity index (χ3n) is 3.64. The third kappa shape index (κ3) is 2.87. The first-order chi connectivity index (χ1) is 9.76. The minimum absolute atomic E-state index is 0.105. The lowest BCUT2D eigenvalue weighted by Crippen LogP contribution is -2.36. The summed E-state index contributed by atoms with van der Waals surface area (Å²) in [4.78, 5) is 12.9. The molecule has 1 heterocycles. The van der Waals surface area contributed by atoms with Crippen LogP contribution >= 0.6 is 15.9 Å².